The number of benzene rings is 1. The number of primary sulfonamides is 1. The monoisotopic (exact) mass is 475 g/mol. The molecule has 3 rings (SSSR count). The van der Waals surface area contributed by atoms with Crippen LogP contribution in [0.25, 0.3) is 11.4 Å². The molecule has 16 heteroatoms. The molecule has 1 heterocycles. The van der Waals surface area contributed by atoms with Crippen LogP contribution in [-0.4, -0.2) is 73.8 Å². The molecule has 1 aromatic heterocycles. The minimum absolute atomic E-state index is 0.155. The van der Waals surface area contributed by atoms with E-state index in [2.05, 4.69) is 30.7 Å². The molecular formula is C15H25N9O5S2. The average molecular weight is 476 g/mol. The van der Waals surface area contributed by atoms with E-state index in [0.29, 0.717) is 0 Å². The molecule has 0 bridgehead atoms. The largest absolute Gasteiger partial charge is 0.390 e. The van der Waals surface area contributed by atoms with Gasteiger partial charge in [0.2, 0.25) is 25.9 Å². The third-order valence-corrected chi connectivity index (χ3v) is 7.54. The summed E-state index contributed by atoms with van der Waals surface area (Å²) in [5, 5.41) is 31.4. The van der Waals surface area contributed by atoms with Crippen molar-refractivity contribution in [1.29, 1.82) is 0 Å². The fraction of sp³-hybridized carbons (Fsp3) is 0.533. The molecule has 0 radical (unpaired) electrons. The summed E-state index contributed by atoms with van der Waals surface area (Å²) in [6.07, 6.45) is 1.26. The van der Waals surface area contributed by atoms with Gasteiger partial charge in [0, 0.05) is 30.9 Å². The highest BCUT2D eigenvalue weighted by atomic mass is 32.2. The van der Waals surface area contributed by atoms with Gasteiger partial charge >= 0.3 is 0 Å². The number of nitrogens with one attached hydrogen (secondary N) is 3. The van der Waals surface area contributed by atoms with Crippen LogP contribution < -0.4 is 26.6 Å². The van der Waals surface area contributed by atoms with Crippen molar-refractivity contribution >= 4 is 25.7 Å². The molecule has 2 aromatic rings. The summed E-state index contributed by atoms with van der Waals surface area (Å²) in [4.78, 5) is -1.33. The van der Waals surface area contributed by atoms with Crippen LogP contribution in [-0.2, 0) is 20.0 Å². The van der Waals surface area contributed by atoms with E-state index in [9.17, 15) is 21.9 Å². The van der Waals surface area contributed by atoms with Gasteiger partial charge in [-0.2, -0.15) is 5.21 Å². The molecular weight excluding hydrogens is 450 g/mol. The minimum atomic E-state index is -4.59. The SMILES string of the molecule is NC[C@@H](O)CNS(=O)(=O)c1ccc(N[C@@H]2CCC[C@H]2N)c(-c2nn[nH]n2)c1S(N)(=O)=O. The maximum absolute atomic E-state index is 12.9. The highest BCUT2D eigenvalue weighted by molar-refractivity contribution is 7.92. The Morgan fingerprint density at radius 1 is 1.26 bits per heavy atom. The lowest BCUT2D eigenvalue weighted by molar-refractivity contribution is 0.186. The van der Waals surface area contributed by atoms with Crippen LogP contribution in [0.5, 0.6) is 0 Å². The number of hydrogen-bond donors (Lipinski definition) is 7. The van der Waals surface area contributed by atoms with Crippen molar-refractivity contribution in [2.45, 2.75) is 47.2 Å². The Hall–Kier alpha value is -2.21. The van der Waals surface area contributed by atoms with E-state index in [1.807, 2.05) is 0 Å². The van der Waals surface area contributed by atoms with Crippen molar-refractivity contribution in [3.63, 3.8) is 0 Å². The fourth-order valence-corrected chi connectivity index (χ4v) is 6.07. The van der Waals surface area contributed by atoms with Crippen LogP contribution in [0.2, 0.25) is 0 Å². The Morgan fingerprint density at radius 2 is 2.00 bits per heavy atom. The molecule has 1 aliphatic rings. The van der Waals surface area contributed by atoms with Crippen molar-refractivity contribution in [1.82, 2.24) is 25.3 Å². The zero-order chi connectivity index (χ0) is 22.8. The van der Waals surface area contributed by atoms with Crippen LogP contribution in [0.3, 0.4) is 0 Å². The Balaban J connectivity index is 2.18. The number of aliphatic hydroxyl groups is 1. The first kappa shape index (κ1) is 23.5. The molecule has 1 fully saturated rings. The Labute approximate surface area is 179 Å². The van der Waals surface area contributed by atoms with Crippen molar-refractivity contribution in [3.05, 3.63) is 12.1 Å². The number of aromatic nitrogens is 4. The maximum atomic E-state index is 12.9. The predicted octanol–water partition coefficient (Wildman–Crippen LogP) is -2.60. The second-order valence-electron chi connectivity index (χ2n) is 7.18. The Kier molecular flexibility index (Phi) is 6.89. The predicted molar refractivity (Wildman–Crippen MR) is 110 cm³/mol. The number of H-pyrrole nitrogens is 1. The van der Waals surface area contributed by atoms with Crippen LogP contribution in [0, 0.1) is 0 Å². The van der Waals surface area contributed by atoms with E-state index in [1.54, 1.807) is 0 Å². The van der Waals surface area contributed by atoms with Crippen LogP contribution in [0.4, 0.5) is 5.69 Å². The molecule has 0 saturated heterocycles. The van der Waals surface area contributed by atoms with Gasteiger partial charge in [-0.05, 0) is 36.6 Å². The molecule has 1 saturated carbocycles. The van der Waals surface area contributed by atoms with E-state index >= 15 is 0 Å². The number of aromatic amines is 1. The summed E-state index contributed by atoms with van der Waals surface area (Å²) in [6.45, 7) is -0.611. The van der Waals surface area contributed by atoms with Gasteiger partial charge in [0.1, 0.15) is 9.79 Å². The van der Waals surface area contributed by atoms with E-state index < -0.39 is 42.5 Å². The number of tetrazole rings is 1. The van der Waals surface area contributed by atoms with Gasteiger partial charge < -0.3 is 21.9 Å². The molecule has 3 atom stereocenters. The second kappa shape index (κ2) is 9.11. The lowest BCUT2D eigenvalue weighted by atomic mass is 10.1. The second-order valence-corrected chi connectivity index (χ2v) is 10.4. The smallest absolute Gasteiger partial charge is 0.242 e. The molecule has 31 heavy (non-hydrogen) atoms. The van der Waals surface area contributed by atoms with Gasteiger partial charge in [0.15, 0.2) is 0 Å². The zero-order valence-electron chi connectivity index (χ0n) is 16.4. The van der Waals surface area contributed by atoms with Gasteiger partial charge in [-0.25, -0.2) is 26.7 Å². The van der Waals surface area contributed by atoms with Crippen LogP contribution in [0.15, 0.2) is 21.9 Å². The normalized spacial score (nSPS) is 20.6. The fourth-order valence-electron chi connectivity index (χ4n) is 3.40. The van der Waals surface area contributed by atoms with Gasteiger partial charge in [-0.3, -0.25) is 0 Å². The number of aliphatic hydroxyl groups excluding tert-OH is 1. The van der Waals surface area contributed by atoms with Crippen LogP contribution in [0.1, 0.15) is 19.3 Å². The van der Waals surface area contributed by atoms with Gasteiger partial charge in [-0.15, -0.1) is 10.2 Å². The van der Waals surface area contributed by atoms with Gasteiger partial charge in [0.05, 0.1) is 11.7 Å². The first-order valence-electron chi connectivity index (χ1n) is 9.38. The summed E-state index contributed by atoms with van der Waals surface area (Å²) in [6, 6.07) is 2.15. The molecule has 1 aromatic carbocycles. The first-order valence-corrected chi connectivity index (χ1v) is 12.4. The molecule has 0 unspecified atom stereocenters. The van der Waals surface area contributed by atoms with Gasteiger partial charge in [0.25, 0.3) is 0 Å². The molecule has 0 aliphatic heterocycles. The van der Waals surface area contributed by atoms with E-state index in [-0.39, 0.29) is 35.7 Å². The molecule has 172 valence electrons. The quantitative estimate of drug-likeness (QED) is 0.198. The standard InChI is InChI=1S/C15H25N9O5S2/c16-6-8(25)7-19-31(28,29)12-5-4-11(20-10-3-1-2-9(10)17)13(14(12)30(18,26)27)15-21-23-24-22-15/h4-5,8-10,19-20,25H,1-3,6-7,16-17H2,(H2,18,26,27)(H,21,22,23,24)/t8-,9-,10-/m1/s1. The minimum Gasteiger partial charge on any atom is -0.390 e. The molecule has 14 nitrogen and oxygen atoms in total. The first-order chi connectivity index (χ1) is 14.5. The van der Waals surface area contributed by atoms with Crippen molar-refractivity contribution in [2.75, 3.05) is 18.4 Å². The van der Waals surface area contributed by atoms with E-state index in [4.69, 9.17) is 16.6 Å². The maximum Gasteiger partial charge on any atom is 0.242 e. The molecule has 1 aliphatic carbocycles. The zero-order valence-corrected chi connectivity index (χ0v) is 18.0. The third kappa shape index (κ3) is 5.17. The summed E-state index contributed by atoms with van der Waals surface area (Å²) in [5.41, 5.74) is 11.5. The topological polar surface area (TPSA) is 245 Å². The molecule has 0 amide bonds. The van der Waals surface area contributed by atoms with Crippen LogP contribution >= 0.6 is 0 Å². The highest BCUT2D eigenvalue weighted by Gasteiger charge is 2.33. The number of nitrogens with two attached hydrogens (primary N) is 3. The van der Waals surface area contributed by atoms with E-state index in [1.165, 1.54) is 6.07 Å². The summed E-state index contributed by atoms with van der Waals surface area (Å²) in [5.74, 6) is -0.169. The average Bonchev–Trinajstić information content (AvgIpc) is 3.37. The molecule has 10 N–H and O–H groups in total. The van der Waals surface area contributed by atoms with Crippen molar-refractivity contribution in [2.24, 2.45) is 16.6 Å². The summed E-state index contributed by atoms with van der Waals surface area (Å²) >= 11 is 0. The molecule has 0 spiro atoms. The highest BCUT2D eigenvalue weighted by Crippen LogP contribution is 2.37. The number of nitrogens with zero attached hydrogens (tertiary/aromatic N) is 3. The van der Waals surface area contributed by atoms with Gasteiger partial charge in [-0.1, -0.05) is 0 Å². The number of sulfonamides is 2. The lowest BCUT2D eigenvalue weighted by Crippen LogP contribution is -2.37. The lowest BCUT2D eigenvalue weighted by Gasteiger charge is -2.22. The number of anilines is 1. The number of hydrogen-bond acceptors (Lipinski definition) is 11. The third-order valence-electron chi connectivity index (χ3n) is 4.96. The van der Waals surface area contributed by atoms with Crippen molar-refractivity contribution in [3.8, 4) is 11.4 Å². The number of rotatable bonds is 9. The van der Waals surface area contributed by atoms with E-state index in [0.717, 1.165) is 25.3 Å². The summed E-state index contributed by atoms with van der Waals surface area (Å²) in [7, 11) is -9.00. The van der Waals surface area contributed by atoms with Crippen molar-refractivity contribution < 1.29 is 21.9 Å². The Morgan fingerprint density at radius 3 is 2.55 bits per heavy atom. The Bertz CT molecular complexity index is 1120. The summed E-state index contributed by atoms with van der Waals surface area (Å²) < 4.78 is 52.9.